The van der Waals surface area contributed by atoms with Gasteiger partial charge in [0.15, 0.2) is 0 Å². The second-order valence-corrected chi connectivity index (χ2v) is 6.59. The Hall–Kier alpha value is -0.0800. The maximum Gasteiger partial charge on any atom is 0.0306 e. The van der Waals surface area contributed by atoms with Crippen LogP contribution in [-0.4, -0.2) is 18.1 Å². The Morgan fingerprint density at radius 3 is 1.61 bits per heavy atom. The molecule has 0 heterocycles. The number of hydrogen-bond donors (Lipinski definition) is 2. The summed E-state index contributed by atoms with van der Waals surface area (Å²) in [6, 6.07) is 0.793. The zero-order valence-corrected chi connectivity index (χ0v) is 12.1. The zero-order valence-electron chi connectivity index (χ0n) is 12.1. The average molecular weight is 252 g/mol. The van der Waals surface area contributed by atoms with Gasteiger partial charge in [0.1, 0.15) is 0 Å². The Balaban J connectivity index is 1.85. The minimum Gasteiger partial charge on any atom is -0.329 e. The molecule has 2 heteroatoms. The first-order valence-corrected chi connectivity index (χ1v) is 8.32. The van der Waals surface area contributed by atoms with Crippen molar-refractivity contribution >= 4 is 0 Å². The summed E-state index contributed by atoms with van der Waals surface area (Å²) in [4.78, 5) is 0. The van der Waals surface area contributed by atoms with Crippen molar-refractivity contribution < 1.29 is 0 Å². The Bertz CT molecular complexity index is 211. The summed E-state index contributed by atoms with van der Waals surface area (Å²) >= 11 is 0. The molecule has 2 rings (SSSR count). The summed E-state index contributed by atoms with van der Waals surface area (Å²) < 4.78 is 0. The van der Waals surface area contributed by atoms with Crippen molar-refractivity contribution in [1.29, 1.82) is 0 Å². The summed E-state index contributed by atoms with van der Waals surface area (Å²) in [6.07, 6.45) is 18.2. The van der Waals surface area contributed by atoms with Gasteiger partial charge in [-0.05, 0) is 25.7 Å². The molecule has 0 bridgehead atoms. The summed E-state index contributed by atoms with van der Waals surface area (Å²) in [5, 5.41) is 3.88. The van der Waals surface area contributed by atoms with Crippen molar-refractivity contribution in [3.8, 4) is 0 Å². The van der Waals surface area contributed by atoms with E-state index in [2.05, 4.69) is 5.32 Å². The van der Waals surface area contributed by atoms with E-state index in [1.165, 1.54) is 83.5 Å². The Kier molecular flexibility index (Phi) is 5.97. The molecule has 0 aliphatic heterocycles. The van der Waals surface area contributed by atoms with Gasteiger partial charge in [-0.25, -0.2) is 0 Å². The molecule has 0 radical (unpaired) electrons. The molecule has 0 saturated heterocycles. The second kappa shape index (κ2) is 7.49. The van der Waals surface area contributed by atoms with Gasteiger partial charge in [0.25, 0.3) is 0 Å². The molecule has 2 saturated carbocycles. The lowest BCUT2D eigenvalue weighted by Crippen LogP contribution is -2.52. The molecule has 2 fully saturated rings. The monoisotopic (exact) mass is 252 g/mol. The molecular weight excluding hydrogens is 220 g/mol. The van der Waals surface area contributed by atoms with Crippen LogP contribution >= 0.6 is 0 Å². The van der Waals surface area contributed by atoms with E-state index >= 15 is 0 Å². The summed E-state index contributed by atoms with van der Waals surface area (Å²) in [5.41, 5.74) is 6.41. The highest BCUT2D eigenvalue weighted by Gasteiger charge is 2.34. The molecule has 0 atom stereocenters. The molecule has 0 spiro atoms. The van der Waals surface area contributed by atoms with Crippen molar-refractivity contribution in [2.24, 2.45) is 5.73 Å². The maximum absolute atomic E-state index is 6.13. The molecule has 0 amide bonds. The molecule has 106 valence electrons. The third-order valence-corrected chi connectivity index (χ3v) is 4.79. The first kappa shape index (κ1) is 14.3. The number of hydrogen-bond acceptors (Lipinski definition) is 2. The molecule has 2 nitrogen and oxygen atoms in total. The van der Waals surface area contributed by atoms with Crippen molar-refractivity contribution in [1.82, 2.24) is 5.32 Å². The minimum atomic E-state index is 0.278. The molecule has 18 heavy (non-hydrogen) atoms. The third-order valence-electron chi connectivity index (χ3n) is 4.79. The van der Waals surface area contributed by atoms with Crippen LogP contribution in [0.15, 0.2) is 0 Å². The van der Waals surface area contributed by atoms with Crippen LogP contribution in [0.2, 0.25) is 0 Å². The van der Waals surface area contributed by atoms with Gasteiger partial charge in [-0.3, -0.25) is 0 Å². The first-order chi connectivity index (χ1) is 8.85. The highest BCUT2D eigenvalue weighted by Crippen LogP contribution is 2.29. The lowest BCUT2D eigenvalue weighted by Gasteiger charge is -2.35. The van der Waals surface area contributed by atoms with E-state index in [1.807, 2.05) is 0 Å². The smallest absolute Gasteiger partial charge is 0.0306 e. The normalized spacial score (nSPS) is 27.2. The third kappa shape index (κ3) is 4.89. The summed E-state index contributed by atoms with van der Waals surface area (Å²) in [7, 11) is 0. The summed E-state index contributed by atoms with van der Waals surface area (Å²) in [5.74, 6) is 0. The van der Waals surface area contributed by atoms with E-state index in [9.17, 15) is 0 Å². The van der Waals surface area contributed by atoms with Crippen molar-refractivity contribution in [2.75, 3.05) is 6.54 Å². The molecule has 0 aromatic carbocycles. The largest absolute Gasteiger partial charge is 0.329 e. The van der Waals surface area contributed by atoms with E-state index in [0.29, 0.717) is 0 Å². The van der Waals surface area contributed by atoms with Crippen LogP contribution in [0.4, 0.5) is 0 Å². The van der Waals surface area contributed by atoms with E-state index < -0.39 is 0 Å². The van der Waals surface area contributed by atoms with Gasteiger partial charge in [-0.1, -0.05) is 57.8 Å². The van der Waals surface area contributed by atoms with Crippen LogP contribution in [0.1, 0.15) is 83.5 Å². The molecule has 2 aliphatic rings. The second-order valence-electron chi connectivity index (χ2n) is 6.59. The Morgan fingerprint density at radius 2 is 1.22 bits per heavy atom. The highest BCUT2D eigenvalue weighted by atomic mass is 15.1. The van der Waals surface area contributed by atoms with Gasteiger partial charge in [0, 0.05) is 18.1 Å². The van der Waals surface area contributed by atoms with Crippen LogP contribution in [0.3, 0.4) is 0 Å². The van der Waals surface area contributed by atoms with Gasteiger partial charge >= 0.3 is 0 Å². The fraction of sp³-hybridized carbons (Fsp3) is 1.00. The lowest BCUT2D eigenvalue weighted by molar-refractivity contribution is 0.264. The van der Waals surface area contributed by atoms with Crippen LogP contribution in [0.25, 0.3) is 0 Å². The standard InChI is InChI=1S/C16H32N2/c17-14-16(18-15-10-11-15)12-8-6-4-2-1-3-5-7-9-13-16/h15,18H,1-14,17H2. The van der Waals surface area contributed by atoms with Crippen molar-refractivity contribution in [3.63, 3.8) is 0 Å². The van der Waals surface area contributed by atoms with Gasteiger partial charge in [-0.15, -0.1) is 0 Å². The maximum atomic E-state index is 6.13. The molecule has 0 aromatic rings. The fourth-order valence-corrected chi connectivity index (χ4v) is 3.36. The lowest BCUT2D eigenvalue weighted by atomic mass is 9.85. The topological polar surface area (TPSA) is 38.0 Å². The van der Waals surface area contributed by atoms with Crippen molar-refractivity contribution in [3.05, 3.63) is 0 Å². The van der Waals surface area contributed by atoms with E-state index in [0.717, 1.165) is 12.6 Å². The molecule has 2 aliphatic carbocycles. The SMILES string of the molecule is NCC1(NC2CC2)CCCCCCCCCCC1. The predicted octanol–water partition coefficient (Wildman–Crippen LogP) is 3.74. The van der Waals surface area contributed by atoms with E-state index in [-0.39, 0.29) is 5.54 Å². The quantitative estimate of drug-likeness (QED) is 0.803. The van der Waals surface area contributed by atoms with Gasteiger partial charge in [0.05, 0.1) is 0 Å². The summed E-state index contributed by atoms with van der Waals surface area (Å²) in [6.45, 7) is 0.837. The van der Waals surface area contributed by atoms with Crippen LogP contribution in [0, 0.1) is 0 Å². The molecule has 0 aromatic heterocycles. The van der Waals surface area contributed by atoms with Crippen LogP contribution in [-0.2, 0) is 0 Å². The van der Waals surface area contributed by atoms with Gasteiger partial charge < -0.3 is 11.1 Å². The van der Waals surface area contributed by atoms with Crippen molar-refractivity contribution in [2.45, 2.75) is 95.1 Å². The van der Waals surface area contributed by atoms with E-state index in [1.54, 1.807) is 0 Å². The minimum absolute atomic E-state index is 0.278. The van der Waals surface area contributed by atoms with E-state index in [4.69, 9.17) is 5.73 Å². The molecule has 0 unspecified atom stereocenters. The fourth-order valence-electron chi connectivity index (χ4n) is 3.36. The number of rotatable bonds is 3. The van der Waals surface area contributed by atoms with Gasteiger partial charge in [0.2, 0.25) is 0 Å². The van der Waals surface area contributed by atoms with Crippen LogP contribution < -0.4 is 11.1 Å². The predicted molar refractivity (Wildman–Crippen MR) is 78.7 cm³/mol. The van der Waals surface area contributed by atoms with Gasteiger partial charge in [-0.2, -0.15) is 0 Å². The zero-order chi connectivity index (χ0) is 12.7. The van der Waals surface area contributed by atoms with Crippen LogP contribution in [0.5, 0.6) is 0 Å². The molecule has 3 N–H and O–H groups in total. The Morgan fingerprint density at radius 1 is 0.778 bits per heavy atom. The Labute approximate surface area is 113 Å². The average Bonchev–Trinajstić information content (AvgIpc) is 3.17. The molecular formula is C16H32N2. The number of nitrogens with one attached hydrogen (secondary N) is 1. The first-order valence-electron chi connectivity index (χ1n) is 8.32. The highest BCUT2D eigenvalue weighted by molar-refractivity contribution is 4.96. The number of nitrogens with two attached hydrogens (primary N) is 1.